The number of amides is 2. The normalized spacial score (nSPS) is 11.2. The molecule has 4 N–H and O–H groups in total. The molecule has 0 atom stereocenters. The minimum Gasteiger partial charge on any atom is -0.369 e. The van der Waals surface area contributed by atoms with Gasteiger partial charge in [-0.25, -0.2) is 13.1 Å². The van der Waals surface area contributed by atoms with E-state index in [-0.39, 0.29) is 30.2 Å². The second-order valence-electron chi connectivity index (χ2n) is 6.28. The Labute approximate surface area is 159 Å². The molecular weight excluding hydrogens is 366 g/mol. The summed E-state index contributed by atoms with van der Waals surface area (Å²) in [4.78, 5) is 23.0. The van der Waals surface area contributed by atoms with Crippen LogP contribution in [-0.2, 0) is 26.0 Å². The molecule has 0 aliphatic carbocycles. The monoisotopic (exact) mass is 389 g/mol. The summed E-state index contributed by atoms with van der Waals surface area (Å²) < 4.78 is 27.0. The lowest BCUT2D eigenvalue weighted by Gasteiger charge is -2.09. The van der Waals surface area contributed by atoms with Crippen molar-refractivity contribution in [3.05, 3.63) is 59.2 Å². The van der Waals surface area contributed by atoms with E-state index in [4.69, 9.17) is 5.73 Å². The van der Waals surface area contributed by atoms with Gasteiger partial charge in [0, 0.05) is 18.7 Å². The fraction of sp³-hybridized carbons (Fsp3) is 0.263. The highest BCUT2D eigenvalue weighted by atomic mass is 32.2. The number of rotatable bonds is 8. The van der Waals surface area contributed by atoms with Gasteiger partial charge in [-0.2, -0.15) is 0 Å². The predicted octanol–water partition coefficient (Wildman–Crippen LogP) is 1.64. The smallest absolute Gasteiger partial charge is 0.240 e. The molecule has 0 spiro atoms. The third-order valence-electron chi connectivity index (χ3n) is 4.05. The number of hydrogen-bond acceptors (Lipinski definition) is 4. The Balaban J connectivity index is 1.86. The van der Waals surface area contributed by atoms with Gasteiger partial charge in [0.25, 0.3) is 0 Å². The van der Waals surface area contributed by atoms with Crippen LogP contribution in [-0.4, -0.2) is 26.8 Å². The van der Waals surface area contributed by atoms with Gasteiger partial charge >= 0.3 is 0 Å². The molecule has 0 saturated heterocycles. The number of carbonyl (C=O) groups excluding carboxylic acids is 2. The van der Waals surface area contributed by atoms with Gasteiger partial charge in [0.2, 0.25) is 21.8 Å². The van der Waals surface area contributed by atoms with Crippen LogP contribution < -0.4 is 15.8 Å². The standard InChI is InChI=1S/C19H23N3O4S/c1-13-3-8-17(11-14(13)2)27(25,26)21-10-9-19(24)22-16-6-4-15(5-7-16)12-18(20)23/h3-8,11,21H,9-10,12H2,1-2H3,(H2,20,23)(H,22,24). The summed E-state index contributed by atoms with van der Waals surface area (Å²) >= 11 is 0. The molecule has 144 valence electrons. The van der Waals surface area contributed by atoms with E-state index in [9.17, 15) is 18.0 Å². The average molecular weight is 389 g/mol. The van der Waals surface area contributed by atoms with Gasteiger partial charge in [0.05, 0.1) is 11.3 Å². The first-order valence-electron chi connectivity index (χ1n) is 8.41. The topological polar surface area (TPSA) is 118 Å². The Bertz CT molecular complexity index is 938. The lowest BCUT2D eigenvalue weighted by Crippen LogP contribution is -2.28. The van der Waals surface area contributed by atoms with Crippen LogP contribution in [0.1, 0.15) is 23.1 Å². The zero-order valence-corrected chi connectivity index (χ0v) is 16.1. The number of sulfonamides is 1. The van der Waals surface area contributed by atoms with Crippen LogP contribution >= 0.6 is 0 Å². The molecule has 7 nitrogen and oxygen atoms in total. The van der Waals surface area contributed by atoms with E-state index < -0.39 is 15.9 Å². The molecule has 0 aliphatic rings. The van der Waals surface area contributed by atoms with Crippen LogP contribution in [0.25, 0.3) is 0 Å². The van der Waals surface area contributed by atoms with Crippen LogP contribution in [0.2, 0.25) is 0 Å². The Morgan fingerprint density at radius 1 is 1.00 bits per heavy atom. The van der Waals surface area contributed by atoms with Crippen molar-refractivity contribution in [2.24, 2.45) is 5.73 Å². The van der Waals surface area contributed by atoms with Crippen LogP contribution in [0.3, 0.4) is 0 Å². The fourth-order valence-electron chi connectivity index (χ4n) is 2.39. The van der Waals surface area contributed by atoms with Gasteiger partial charge < -0.3 is 11.1 Å². The van der Waals surface area contributed by atoms with E-state index in [1.807, 2.05) is 13.8 Å². The summed E-state index contributed by atoms with van der Waals surface area (Å²) in [5, 5.41) is 2.68. The van der Waals surface area contributed by atoms with Gasteiger partial charge in [0.15, 0.2) is 0 Å². The van der Waals surface area contributed by atoms with Gasteiger partial charge in [0.1, 0.15) is 0 Å². The molecule has 0 saturated carbocycles. The molecule has 0 radical (unpaired) electrons. The number of carbonyl (C=O) groups is 2. The number of primary amides is 1. The summed E-state index contributed by atoms with van der Waals surface area (Å²) in [7, 11) is -3.66. The largest absolute Gasteiger partial charge is 0.369 e. The van der Waals surface area contributed by atoms with Gasteiger partial charge in [-0.1, -0.05) is 18.2 Å². The number of benzene rings is 2. The number of nitrogens with two attached hydrogens (primary N) is 1. The van der Waals surface area contributed by atoms with E-state index in [1.54, 1.807) is 42.5 Å². The second-order valence-corrected chi connectivity index (χ2v) is 8.05. The molecule has 2 aromatic rings. The molecule has 0 bridgehead atoms. The third kappa shape index (κ3) is 6.19. The molecule has 0 heterocycles. The Kier molecular flexibility index (Phi) is 6.70. The third-order valence-corrected chi connectivity index (χ3v) is 5.51. The van der Waals surface area contributed by atoms with Crippen molar-refractivity contribution in [1.82, 2.24) is 4.72 Å². The van der Waals surface area contributed by atoms with E-state index in [0.717, 1.165) is 16.7 Å². The van der Waals surface area contributed by atoms with E-state index in [2.05, 4.69) is 10.0 Å². The number of anilines is 1. The zero-order chi connectivity index (χ0) is 20.0. The number of aryl methyl sites for hydroxylation is 2. The molecule has 0 fully saturated rings. The van der Waals surface area contributed by atoms with Gasteiger partial charge in [-0.3, -0.25) is 9.59 Å². The summed E-state index contributed by atoms with van der Waals surface area (Å²) in [6.07, 6.45) is 0.127. The number of nitrogens with one attached hydrogen (secondary N) is 2. The molecular formula is C19H23N3O4S. The molecule has 8 heteroatoms. The summed E-state index contributed by atoms with van der Waals surface area (Å²) in [5.74, 6) is -0.747. The maximum absolute atomic E-state index is 12.3. The van der Waals surface area contributed by atoms with Gasteiger partial charge in [-0.15, -0.1) is 0 Å². The summed E-state index contributed by atoms with van der Waals surface area (Å²) in [6, 6.07) is 11.6. The molecule has 2 rings (SSSR count). The predicted molar refractivity (Wildman–Crippen MR) is 104 cm³/mol. The first-order valence-corrected chi connectivity index (χ1v) is 9.90. The average Bonchev–Trinajstić information content (AvgIpc) is 2.58. The second kappa shape index (κ2) is 8.79. The van der Waals surface area contributed by atoms with Crippen LogP contribution in [0, 0.1) is 13.8 Å². The maximum Gasteiger partial charge on any atom is 0.240 e. The zero-order valence-electron chi connectivity index (χ0n) is 15.3. The van der Waals surface area contributed by atoms with Crippen molar-refractivity contribution in [3.63, 3.8) is 0 Å². The molecule has 2 aromatic carbocycles. The highest BCUT2D eigenvalue weighted by molar-refractivity contribution is 7.89. The van der Waals surface area contributed by atoms with E-state index >= 15 is 0 Å². The highest BCUT2D eigenvalue weighted by Crippen LogP contribution is 2.14. The summed E-state index contributed by atoms with van der Waals surface area (Å²) in [5.41, 5.74) is 8.33. The molecule has 0 aromatic heterocycles. The summed E-state index contributed by atoms with van der Waals surface area (Å²) in [6.45, 7) is 3.74. The minimum absolute atomic E-state index is 0.00683. The lowest BCUT2D eigenvalue weighted by atomic mass is 10.1. The quantitative estimate of drug-likeness (QED) is 0.636. The van der Waals surface area contributed by atoms with Crippen molar-refractivity contribution >= 4 is 27.5 Å². The van der Waals surface area contributed by atoms with Crippen molar-refractivity contribution < 1.29 is 18.0 Å². The van der Waals surface area contributed by atoms with Gasteiger partial charge in [-0.05, 0) is 54.8 Å². The van der Waals surface area contributed by atoms with Crippen LogP contribution in [0.15, 0.2) is 47.4 Å². The van der Waals surface area contributed by atoms with Crippen molar-refractivity contribution in [1.29, 1.82) is 0 Å². The van der Waals surface area contributed by atoms with Crippen molar-refractivity contribution in [2.75, 3.05) is 11.9 Å². The SMILES string of the molecule is Cc1ccc(S(=O)(=O)NCCC(=O)Nc2ccc(CC(N)=O)cc2)cc1C. The minimum atomic E-state index is -3.66. The Morgan fingerprint density at radius 3 is 2.26 bits per heavy atom. The first kappa shape index (κ1) is 20.6. The molecule has 0 unspecified atom stereocenters. The molecule has 27 heavy (non-hydrogen) atoms. The number of hydrogen-bond donors (Lipinski definition) is 3. The van der Waals surface area contributed by atoms with Crippen LogP contribution in [0.5, 0.6) is 0 Å². The Morgan fingerprint density at radius 2 is 1.67 bits per heavy atom. The highest BCUT2D eigenvalue weighted by Gasteiger charge is 2.15. The Hall–Kier alpha value is -2.71. The molecule has 2 amide bonds. The maximum atomic E-state index is 12.3. The van der Waals surface area contributed by atoms with Crippen molar-refractivity contribution in [2.45, 2.75) is 31.6 Å². The fourth-order valence-corrected chi connectivity index (χ4v) is 3.51. The van der Waals surface area contributed by atoms with E-state index in [1.165, 1.54) is 0 Å². The first-order chi connectivity index (χ1) is 12.7. The van der Waals surface area contributed by atoms with Crippen LogP contribution in [0.4, 0.5) is 5.69 Å². The van der Waals surface area contributed by atoms with E-state index in [0.29, 0.717) is 5.69 Å². The van der Waals surface area contributed by atoms with Crippen molar-refractivity contribution in [3.8, 4) is 0 Å². The molecule has 0 aliphatic heterocycles. The lowest BCUT2D eigenvalue weighted by molar-refractivity contribution is -0.117.